The van der Waals surface area contributed by atoms with Crippen LogP contribution in [0.5, 0.6) is 5.75 Å². The summed E-state index contributed by atoms with van der Waals surface area (Å²) in [5.41, 5.74) is 1.05. The fourth-order valence-electron chi connectivity index (χ4n) is 3.32. The van der Waals surface area contributed by atoms with Gasteiger partial charge in [-0.2, -0.15) is 0 Å². The van der Waals surface area contributed by atoms with Crippen molar-refractivity contribution in [2.75, 3.05) is 25.5 Å². The largest absolute Gasteiger partial charge is 0.508 e. The second-order valence-electron chi connectivity index (χ2n) is 7.43. The van der Waals surface area contributed by atoms with E-state index in [1.54, 1.807) is 36.4 Å². The van der Waals surface area contributed by atoms with E-state index in [1.165, 1.54) is 0 Å². The minimum Gasteiger partial charge on any atom is -0.508 e. The van der Waals surface area contributed by atoms with Gasteiger partial charge in [-0.3, -0.25) is 14.4 Å². The van der Waals surface area contributed by atoms with Crippen LogP contribution < -0.4 is 21.1 Å². The van der Waals surface area contributed by atoms with E-state index >= 15 is 0 Å². The van der Waals surface area contributed by atoms with Crippen molar-refractivity contribution in [3.8, 4) is 5.75 Å². The van der Waals surface area contributed by atoms with E-state index in [1.807, 2.05) is 25.1 Å². The minimum atomic E-state index is -0.809. The standard InChI is InChI=1S/C23H21N3O5/c1-26(2)14-5-8-17-19(11-14)31-22-20(25-17)16(12-18(28)21(22)29)23(30)24-10-9-13-3-6-15(27)7-4-13/h3-8,11-12,25,27H,9-10H2,1-2H3,(H,24,30). The monoisotopic (exact) mass is 419 g/mol. The molecule has 0 fully saturated rings. The molecular formula is C23H21N3O5. The second-order valence-corrected chi connectivity index (χ2v) is 7.43. The van der Waals surface area contributed by atoms with Crippen molar-refractivity contribution in [2.24, 2.45) is 0 Å². The normalized spacial score (nSPS) is 11.0. The third-order valence-electron chi connectivity index (χ3n) is 5.04. The quantitative estimate of drug-likeness (QED) is 0.426. The Bertz CT molecular complexity index is 1450. The molecule has 1 heterocycles. The summed E-state index contributed by atoms with van der Waals surface area (Å²) in [5, 5.41) is 12.3. The van der Waals surface area contributed by atoms with Crippen LogP contribution in [0.4, 0.5) is 5.69 Å². The van der Waals surface area contributed by atoms with Crippen molar-refractivity contribution in [1.29, 1.82) is 0 Å². The average molecular weight is 419 g/mol. The highest BCUT2D eigenvalue weighted by Gasteiger charge is 2.15. The van der Waals surface area contributed by atoms with Crippen molar-refractivity contribution in [3.63, 3.8) is 0 Å². The molecule has 4 rings (SSSR count). The molecule has 0 spiro atoms. The maximum Gasteiger partial charge on any atom is 0.270 e. The van der Waals surface area contributed by atoms with Crippen LogP contribution in [-0.4, -0.2) is 36.6 Å². The summed E-state index contributed by atoms with van der Waals surface area (Å²) in [6.45, 7) is 0.315. The Morgan fingerprint density at radius 3 is 2.55 bits per heavy atom. The number of nitrogens with one attached hydrogen (secondary N) is 2. The van der Waals surface area contributed by atoms with E-state index in [0.29, 0.717) is 24.1 Å². The number of carbonyl (C=O) groups is 1. The number of aromatic nitrogens is 1. The molecule has 8 nitrogen and oxygen atoms in total. The first-order valence-corrected chi connectivity index (χ1v) is 9.71. The summed E-state index contributed by atoms with van der Waals surface area (Å²) in [5.74, 6) is -0.319. The Balaban J connectivity index is 1.71. The lowest BCUT2D eigenvalue weighted by Crippen LogP contribution is -2.31. The van der Waals surface area contributed by atoms with Gasteiger partial charge in [0.2, 0.25) is 10.8 Å². The molecular weight excluding hydrogens is 398 g/mol. The molecule has 8 heteroatoms. The van der Waals surface area contributed by atoms with Crippen molar-refractivity contribution < 1.29 is 14.3 Å². The number of fused-ring (bicyclic) bond motifs is 1. The third kappa shape index (κ3) is 4.00. The van der Waals surface area contributed by atoms with E-state index in [2.05, 4.69) is 10.3 Å². The highest BCUT2D eigenvalue weighted by molar-refractivity contribution is 5.94. The molecule has 0 atom stereocenters. The molecule has 0 radical (unpaired) electrons. The highest BCUT2D eigenvalue weighted by Crippen LogP contribution is 2.20. The molecule has 0 saturated heterocycles. The van der Waals surface area contributed by atoms with Gasteiger partial charge in [-0.1, -0.05) is 12.1 Å². The first-order chi connectivity index (χ1) is 14.8. The second kappa shape index (κ2) is 7.98. The van der Waals surface area contributed by atoms with Crippen LogP contribution in [0.1, 0.15) is 15.9 Å². The van der Waals surface area contributed by atoms with Gasteiger partial charge in [0.05, 0.1) is 16.4 Å². The van der Waals surface area contributed by atoms with E-state index in [4.69, 9.17) is 4.42 Å². The molecule has 1 amide bonds. The number of H-pyrrole nitrogens is 1. The zero-order valence-corrected chi connectivity index (χ0v) is 17.1. The zero-order chi connectivity index (χ0) is 22.1. The Kier molecular flexibility index (Phi) is 5.21. The molecule has 1 aliphatic carbocycles. The number of amides is 1. The van der Waals surface area contributed by atoms with Crippen molar-refractivity contribution >= 4 is 22.7 Å². The molecule has 2 aromatic rings. The highest BCUT2D eigenvalue weighted by atomic mass is 16.3. The molecule has 2 aliphatic rings. The number of phenolic OH excluding ortho intramolecular Hbond substituents is 1. The van der Waals surface area contributed by atoms with Gasteiger partial charge >= 0.3 is 0 Å². The van der Waals surface area contributed by atoms with E-state index in [-0.39, 0.29) is 22.1 Å². The number of aromatic amines is 1. The van der Waals surface area contributed by atoms with Gasteiger partial charge in [0, 0.05) is 38.5 Å². The van der Waals surface area contributed by atoms with E-state index in [0.717, 1.165) is 17.3 Å². The lowest BCUT2D eigenvalue weighted by molar-refractivity contribution is 0.0952. The Labute approximate surface area is 176 Å². The molecule has 31 heavy (non-hydrogen) atoms. The summed E-state index contributed by atoms with van der Waals surface area (Å²) in [7, 11) is 3.75. The molecule has 0 bridgehead atoms. The maximum atomic E-state index is 12.8. The van der Waals surface area contributed by atoms with Gasteiger partial charge in [-0.25, -0.2) is 0 Å². The number of hydrogen-bond acceptors (Lipinski definition) is 6. The predicted molar refractivity (Wildman–Crippen MR) is 117 cm³/mol. The number of phenols is 1. The van der Waals surface area contributed by atoms with Crippen LogP contribution in [0, 0.1) is 10.8 Å². The minimum absolute atomic E-state index is 0.0487. The molecule has 3 N–H and O–H groups in total. The smallest absolute Gasteiger partial charge is 0.270 e. The lowest BCUT2D eigenvalue weighted by Gasteiger charge is -2.13. The summed E-state index contributed by atoms with van der Waals surface area (Å²) < 4.78 is 5.75. The van der Waals surface area contributed by atoms with Gasteiger partial charge < -0.3 is 24.7 Å². The van der Waals surface area contributed by atoms with Gasteiger partial charge in [-0.05, 0) is 36.2 Å². The van der Waals surface area contributed by atoms with Crippen molar-refractivity contribution in [3.05, 3.63) is 90.9 Å². The van der Waals surface area contributed by atoms with E-state index < -0.39 is 16.8 Å². The van der Waals surface area contributed by atoms with Crippen LogP contribution in [0.25, 0.3) is 11.1 Å². The van der Waals surface area contributed by atoms with Crippen LogP contribution >= 0.6 is 0 Å². The summed E-state index contributed by atoms with van der Waals surface area (Å²) in [6, 6.07) is 13.1. The molecule has 0 unspecified atom stereocenters. The first kappa shape index (κ1) is 20.2. The van der Waals surface area contributed by atoms with E-state index in [9.17, 15) is 19.5 Å². The Morgan fingerprint density at radius 1 is 1.10 bits per heavy atom. The number of hydrogen-bond donors (Lipinski definition) is 3. The molecule has 158 valence electrons. The lowest BCUT2D eigenvalue weighted by atomic mass is 10.1. The molecule has 2 aromatic carbocycles. The summed E-state index contributed by atoms with van der Waals surface area (Å²) in [4.78, 5) is 42.3. The third-order valence-corrected chi connectivity index (χ3v) is 5.04. The number of benzene rings is 2. The van der Waals surface area contributed by atoms with Crippen LogP contribution in [0.2, 0.25) is 0 Å². The van der Waals surface area contributed by atoms with Gasteiger partial charge in [0.25, 0.3) is 11.3 Å². The van der Waals surface area contributed by atoms with Gasteiger partial charge in [-0.15, -0.1) is 0 Å². The number of anilines is 1. The average Bonchev–Trinajstić information content (AvgIpc) is 2.76. The number of nitrogens with zero attached hydrogens (tertiary/aromatic N) is 1. The first-order valence-electron chi connectivity index (χ1n) is 9.71. The van der Waals surface area contributed by atoms with Crippen molar-refractivity contribution in [1.82, 2.24) is 10.3 Å². The Hall–Kier alpha value is -4.07. The van der Waals surface area contributed by atoms with Gasteiger partial charge in [0.1, 0.15) is 5.75 Å². The van der Waals surface area contributed by atoms with Crippen LogP contribution in [0.15, 0.2) is 62.5 Å². The fourth-order valence-corrected chi connectivity index (χ4v) is 3.32. The molecule has 0 aromatic heterocycles. The number of rotatable bonds is 5. The SMILES string of the molecule is CN(C)c1ccc2[nH]c3c(C(=O)NCCc4ccc(O)cc4)cc(=O)c(=O)c=3oc2c1. The summed E-state index contributed by atoms with van der Waals surface area (Å²) in [6.07, 6.45) is 0.540. The van der Waals surface area contributed by atoms with Crippen LogP contribution in [-0.2, 0) is 6.42 Å². The predicted octanol–water partition coefficient (Wildman–Crippen LogP) is 1.95. The van der Waals surface area contributed by atoms with Gasteiger partial charge in [0.15, 0.2) is 5.58 Å². The zero-order valence-electron chi connectivity index (χ0n) is 17.1. The number of carbonyl (C=O) groups excluding carboxylic acids is 1. The van der Waals surface area contributed by atoms with Crippen molar-refractivity contribution in [2.45, 2.75) is 6.42 Å². The summed E-state index contributed by atoms with van der Waals surface area (Å²) >= 11 is 0. The van der Waals surface area contributed by atoms with Crippen LogP contribution in [0.3, 0.4) is 0 Å². The Morgan fingerprint density at radius 2 is 1.84 bits per heavy atom. The molecule has 0 saturated carbocycles. The maximum absolute atomic E-state index is 12.8. The topological polar surface area (TPSA) is 116 Å². The fraction of sp³-hybridized carbons (Fsp3) is 0.174. The molecule has 1 aliphatic heterocycles. The number of aromatic hydroxyl groups is 1.